The Hall–Kier alpha value is -2.71. The van der Waals surface area contributed by atoms with Crippen LogP contribution >= 0.6 is 0 Å². The van der Waals surface area contributed by atoms with Crippen LogP contribution in [0.25, 0.3) is 0 Å². The number of aromatic nitrogens is 3. The van der Waals surface area contributed by atoms with Gasteiger partial charge in [0.15, 0.2) is 0 Å². The van der Waals surface area contributed by atoms with Crippen molar-refractivity contribution in [2.45, 2.75) is 209 Å². The summed E-state index contributed by atoms with van der Waals surface area (Å²) in [4.78, 5) is 43.0. The first kappa shape index (κ1) is 42.6. The van der Waals surface area contributed by atoms with Crippen molar-refractivity contribution in [3.63, 3.8) is 0 Å². The molecule has 3 heterocycles. The Morgan fingerprint density at radius 2 is 1.47 bits per heavy atom. The second-order valence-electron chi connectivity index (χ2n) is 24.3. The number of carbonyl (C=O) groups excluding carboxylic acids is 3. The van der Waals surface area contributed by atoms with Crippen LogP contribution in [-0.2, 0) is 23.9 Å². The first-order valence-corrected chi connectivity index (χ1v) is 24.4. The Balaban J connectivity index is 0.959. The SMILES string of the molecule is C=C(C)[C@@H]1CC[C@]2(C(=O)N3C4CCC3CC(n3c(C)nnc3C(C)C)C4)CC[C@]3(C)[C@H](CC[C@@H]4[C@@]5(C)CC[C@H](OC(=O)[C@H]6C[C@@H](OC=O)C6(C)C)C(C)(C)[C@@H]5CC[C@]43C)[C@@H]12. The summed E-state index contributed by atoms with van der Waals surface area (Å²) in [5.41, 5.74) is 0.911. The first-order valence-electron chi connectivity index (χ1n) is 24.4. The van der Waals surface area contributed by atoms with Gasteiger partial charge in [0.05, 0.1) is 11.3 Å². The number of fused-ring (bicyclic) bond motifs is 9. The lowest BCUT2D eigenvalue weighted by atomic mass is 9.32. The Kier molecular flexibility index (Phi) is 10.0. The molecule has 8 fully saturated rings. The maximum atomic E-state index is 15.7. The van der Waals surface area contributed by atoms with E-state index in [2.05, 4.69) is 88.6 Å². The lowest BCUT2D eigenvalue weighted by molar-refractivity contribution is -0.252. The van der Waals surface area contributed by atoms with Crippen molar-refractivity contribution in [2.24, 2.45) is 68.0 Å². The van der Waals surface area contributed by atoms with E-state index in [0.29, 0.717) is 72.4 Å². The van der Waals surface area contributed by atoms with E-state index in [1.807, 2.05) is 13.8 Å². The Morgan fingerprint density at radius 1 is 0.767 bits per heavy atom. The van der Waals surface area contributed by atoms with Crippen LogP contribution in [0.3, 0.4) is 0 Å². The van der Waals surface area contributed by atoms with Gasteiger partial charge in [-0.3, -0.25) is 14.4 Å². The maximum Gasteiger partial charge on any atom is 0.310 e. The number of esters is 1. The molecule has 9 rings (SSSR count). The van der Waals surface area contributed by atoms with E-state index >= 15 is 4.79 Å². The van der Waals surface area contributed by atoms with Crippen LogP contribution in [0.2, 0.25) is 0 Å². The van der Waals surface area contributed by atoms with Gasteiger partial charge in [-0.2, -0.15) is 0 Å². The molecule has 9 nitrogen and oxygen atoms in total. The lowest BCUT2D eigenvalue weighted by Crippen LogP contribution is -2.68. The molecule has 0 aromatic carbocycles. The van der Waals surface area contributed by atoms with Crippen molar-refractivity contribution >= 4 is 18.3 Å². The number of amides is 1. The summed E-state index contributed by atoms with van der Waals surface area (Å²) in [5, 5.41) is 9.12. The van der Waals surface area contributed by atoms with Crippen LogP contribution in [0.15, 0.2) is 12.2 Å². The van der Waals surface area contributed by atoms with E-state index in [0.717, 1.165) is 82.3 Å². The van der Waals surface area contributed by atoms with Crippen LogP contribution in [-0.4, -0.2) is 62.3 Å². The third-order valence-electron chi connectivity index (χ3n) is 21.1. The van der Waals surface area contributed by atoms with Crippen LogP contribution in [0.1, 0.15) is 189 Å². The van der Waals surface area contributed by atoms with Gasteiger partial charge in [0.25, 0.3) is 6.47 Å². The Morgan fingerprint density at radius 3 is 2.10 bits per heavy atom. The number of hydrogen-bond acceptors (Lipinski definition) is 7. The van der Waals surface area contributed by atoms with Crippen molar-refractivity contribution in [3.05, 3.63) is 23.8 Å². The average molecular weight is 827 g/mol. The van der Waals surface area contributed by atoms with Gasteiger partial charge in [0.1, 0.15) is 23.9 Å². The summed E-state index contributed by atoms with van der Waals surface area (Å²) >= 11 is 0. The van der Waals surface area contributed by atoms with Crippen molar-refractivity contribution in [2.75, 3.05) is 0 Å². The highest BCUT2D eigenvalue weighted by atomic mass is 16.6. The summed E-state index contributed by atoms with van der Waals surface area (Å²) in [6.07, 6.45) is 15.4. The largest absolute Gasteiger partial charge is 0.464 e. The maximum absolute atomic E-state index is 15.7. The molecule has 1 aromatic heterocycles. The molecule has 1 amide bonds. The summed E-state index contributed by atoms with van der Waals surface area (Å²) in [6.45, 7) is 30.7. The van der Waals surface area contributed by atoms with E-state index in [1.165, 1.54) is 24.8 Å². The van der Waals surface area contributed by atoms with Crippen LogP contribution < -0.4 is 0 Å². The van der Waals surface area contributed by atoms with Gasteiger partial charge in [0, 0.05) is 34.9 Å². The fourth-order valence-electron chi connectivity index (χ4n) is 17.7. The number of allylic oxidation sites excluding steroid dienone is 1. The molecule has 332 valence electrons. The Bertz CT molecular complexity index is 1900. The van der Waals surface area contributed by atoms with Crippen LogP contribution in [0.4, 0.5) is 0 Å². The predicted octanol–water partition coefficient (Wildman–Crippen LogP) is 10.6. The smallest absolute Gasteiger partial charge is 0.310 e. The number of nitrogens with zero attached hydrogens (tertiary/aromatic N) is 4. The van der Waals surface area contributed by atoms with Crippen molar-refractivity contribution in [1.29, 1.82) is 0 Å². The molecule has 2 aliphatic heterocycles. The van der Waals surface area contributed by atoms with Gasteiger partial charge in [-0.1, -0.05) is 74.5 Å². The number of hydrogen-bond donors (Lipinski definition) is 0. The fraction of sp³-hybridized carbons (Fsp3) is 0.863. The average Bonchev–Trinajstić information content (AvgIpc) is 3.85. The molecule has 0 N–H and O–H groups in total. The second-order valence-corrected chi connectivity index (χ2v) is 24.3. The van der Waals surface area contributed by atoms with Gasteiger partial charge in [-0.25, -0.2) is 0 Å². The summed E-state index contributed by atoms with van der Waals surface area (Å²) in [5.74, 6) is 4.88. The van der Waals surface area contributed by atoms with E-state index < -0.39 is 5.41 Å². The van der Waals surface area contributed by atoms with Crippen LogP contribution in [0.5, 0.6) is 0 Å². The van der Waals surface area contributed by atoms with Crippen molar-refractivity contribution in [1.82, 2.24) is 19.7 Å². The normalized spacial score (nSPS) is 46.0. The molecule has 6 saturated carbocycles. The zero-order valence-corrected chi connectivity index (χ0v) is 39.1. The van der Waals surface area contributed by atoms with Gasteiger partial charge >= 0.3 is 5.97 Å². The molecule has 2 bridgehead atoms. The summed E-state index contributed by atoms with van der Waals surface area (Å²) < 4.78 is 14.3. The third kappa shape index (κ3) is 5.69. The van der Waals surface area contributed by atoms with Crippen LogP contribution in [0, 0.1) is 74.9 Å². The standard InChI is InChI=1S/C51H78N4O5/c1-29(2)35-17-22-51(45(58)55-32-13-14-33(55)26-34(25-32)54-31(5)52-53-43(54)30(3)4)24-23-49(11)36(42(35)51)15-16-39-48(10)20-19-40(47(8,9)38(48)18-21-50(39,49)12)60-44(57)37-27-41(59-28-56)46(37,6)7/h28,30,32-42H,1,13-27H2,2-12H3/t32?,33?,34?,35-,36+,37+,38-,39+,40-,41+,42+,48-,49+,50+,51-/m0/s1. The number of ether oxygens (including phenoxy) is 2. The number of aryl methyl sites for hydroxylation is 1. The van der Waals surface area contributed by atoms with Crippen molar-refractivity contribution < 1.29 is 23.9 Å². The third-order valence-corrected chi connectivity index (χ3v) is 21.1. The fourth-order valence-corrected chi connectivity index (χ4v) is 17.7. The molecule has 9 heteroatoms. The highest BCUT2D eigenvalue weighted by Crippen LogP contribution is 2.78. The minimum absolute atomic E-state index is 0.115. The van der Waals surface area contributed by atoms with E-state index in [1.54, 1.807) is 0 Å². The van der Waals surface area contributed by atoms with Crippen molar-refractivity contribution in [3.8, 4) is 0 Å². The van der Waals surface area contributed by atoms with Gasteiger partial charge in [-0.15, -0.1) is 10.2 Å². The highest BCUT2D eigenvalue weighted by Gasteiger charge is 2.73. The molecule has 60 heavy (non-hydrogen) atoms. The molecule has 6 aliphatic carbocycles. The summed E-state index contributed by atoms with van der Waals surface area (Å²) in [6, 6.07) is 0.953. The second kappa shape index (κ2) is 14.1. The minimum atomic E-state index is -0.414. The quantitative estimate of drug-likeness (QED) is 0.146. The molecule has 2 saturated heterocycles. The molecule has 0 spiro atoms. The molecule has 8 aliphatic rings. The topological polar surface area (TPSA) is 104 Å². The summed E-state index contributed by atoms with van der Waals surface area (Å²) in [7, 11) is 0. The van der Waals surface area contributed by atoms with E-state index in [9.17, 15) is 9.59 Å². The van der Waals surface area contributed by atoms with Gasteiger partial charge in [-0.05, 0) is 156 Å². The molecule has 1 aromatic rings. The zero-order chi connectivity index (χ0) is 43.1. The first-order chi connectivity index (χ1) is 28.2. The monoisotopic (exact) mass is 827 g/mol. The zero-order valence-electron chi connectivity index (χ0n) is 39.1. The van der Waals surface area contributed by atoms with E-state index in [4.69, 9.17) is 9.47 Å². The molecular formula is C51H78N4O5. The lowest BCUT2D eigenvalue weighted by Gasteiger charge is -2.73. The molecular weight excluding hydrogens is 749 g/mol. The number of piperidine rings is 1. The van der Waals surface area contributed by atoms with E-state index in [-0.39, 0.29) is 51.2 Å². The predicted molar refractivity (Wildman–Crippen MR) is 232 cm³/mol. The van der Waals surface area contributed by atoms with Gasteiger partial charge < -0.3 is 18.9 Å². The molecule has 14 atom stereocenters. The Labute approximate surface area is 361 Å². The minimum Gasteiger partial charge on any atom is -0.464 e. The molecule has 2 unspecified atom stereocenters. The highest BCUT2D eigenvalue weighted by molar-refractivity contribution is 5.85. The van der Waals surface area contributed by atoms with Gasteiger partial charge in [0.2, 0.25) is 5.91 Å². The number of carbonyl (C=O) groups is 3. The molecule has 0 radical (unpaired) electrons. The number of rotatable bonds is 8.